The Morgan fingerprint density at radius 1 is 0.577 bits per heavy atom. The van der Waals surface area contributed by atoms with Crippen LogP contribution in [0.4, 0.5) is 52.0 Å². The molecule has 71 heavy (non-hydrogen) atoms. The lowest BCUT2D eigenvalue weighted by molar-refractivity contribution is -0.432. The molecule has 0 saturated carbocycles. The highest BCUT2D eigenvalue weighted by Gasteiger charge is 2.22. The van der Waals surface area contributed by atoms with Crippen LogP contribution >= 0.6 is 12.0 Å². The first kappa shape index (κ1) is 53.9. The van der Waals surface area contributed by atoms with Crippen LogP contribution < -0.4 is 20.7 Å². The Labute approximate surface area is 406 Å². The summed E-state index contributed by atoms with van der Waals surface area (Å²) in [6.07, 6.45) is -0.191. The molecular formula is C36H34N10O19S6. The lowest BCUT2D eigenvalue weighted by Crippen LogP contribution is -2.17. The molecule has 9 N–H and O–H groups in total. The maximum absolute atomic E-state index is 12.1. The lowest BCUT2D eigenvalue weighted by atomic mass is 10.1. The number of hydrogen-bond acceptors (Lipinski definition) is 25. The van der Waals surface area contributed by atoms with Crippen LogP contribution in [0.15, 0.2) is 131 Å². The van der Waals surface area contributed by atoms with Gasteiger partial charge in [0.25, 0.3) is 50.6 Å². The molecule has 35 heteroatoms. The van der Waals surface area contributed by atoms with Crippen molar-refractivity contribution in [1.82, 2.24) is 15.0 Å². The van der Waals surface area contributed by atoms with Crippen LogP contribution in [-0.2, 0) is 60.0 Å². The van der Waals surface area contributed by atoms with E-state index in [-0.39, 0.29) is 87.3 Å². The topological polar surface area (TPSA) is 444 Å². The molecule has 0 aliphatic heterocycles. The third kappa shape index (κ3) is 16.3. The first-order valence-corrected chi connectivity index (χ1v) is 27.4. The Balaban J connectivity index is 1.27. The third-order valence-corrected chi connectivity index (χ3v) is 13.5. The van der Waals surface area contributed by atoms with Gasteiger partial charge in [0.15, 0.2) is 0 Å². The van der Waals surface area contributed by atoms with Gasteiger partial charge in [-0.3, -0.25) is 22.8 Å². The molecule has 0 aliphatic rings. The van der Waals surface area contributed by atoms with E-state index in [4.69, 9.17) is 9.99 Å². The molecule has 0 fully saturated rings. The van der Waals surface area contributed by atoms with Gasteiger partial charge >= 0.3 is 0 Å². The minimum atomic E-state index is -4.97. The number of benzene rings is 5. The molecule has 0 radical (unpaired) electrons. The largest absolute Gasteiger partial charge is 0.491 e. The molecular weight excluding hydrogens is 1070 g/mol. The zero-order chi connectivity index (χ0) is 51.8. The zero-order valence-electron chi connectivity index (χ0n) is 35.3. The summed E-state index contributed by atoms with van der Waals surface area (Å²) in [6.45, 7) is -0.657. The molecule has 0 saturated heterocycles. The van der Waals surface area contributed by atoms with E-state index in [1.54, 1.807) is 0 Å². The molecule has 6 aromatic rings. The van der Waals surface area contributed by atoms with Crippen molar-refractivity contribution in [3.8, 4) is 5.75 Å². The third-order valence-electron chi connectivity index (χ3n) is 8.79. The Hall–Kier alpha value is -6.45. The van der Waals surface area contributed by atoms with Gasteiger partial charge in [0.2, 0.25) is 17.8 Å². The van der Waals surface area contributed by atoms with E-state index in [1.165, 1.54) is 66.7 Å². The summed E-state index contributed by atoms with van der Waals surface area (Å²) in [6, 6.07) is 19.0. The number of anilines is 5. The molecule has 0 aliphatic carbocycles. The minimum absolute atomic E-state index is 0.0195. The van der Waals surface area contributed by atoms with E-state index in [2.05, 4.69) is 60.7 Å². The molecule has 0 spiro atoms. The summed E-state index contributed by atoms with van der Waals surface area (Å²) in [4.78, 5) is 10.6. The van der Waals surface area contributed by atoms with E-state index in [0.717, 1.165) is 18.2 Å². The van der Waals surface area contributed by atoms with E-state index < -0.39 is 76.8 Å². The number of nitrogens with one attached hydrogen (secondary N) is 3. The van der Waals surface area contributed by atoms with Crippen LogP contribution in [0, 0.1) is 0 Å². The van der Waals surface area contributed by atoms with Gasteiger partial charge in [-0.15, -0.1) is 9.45 Å². The van der Waals surface area contributed by atoms with Gasteiger partial charge in [-0.25, -0.2) is 5.26 Å². The minimum Gasteiger partial charge on any atom is -0.491 e. The fourth-order valence-corrected chi connectivity index (χ4v) is 9.08. The van der Waals surface area contributed by atoms with Crippen molar-refractivity contribution in [3.63, 3.8) is 0 Å². The van der Waals surface area contributed by atoms with Gasteiger partial charge in [-0.2, -0.15) is 72.4 Å². The van der Waals surface area contributed by atoms with E-state index >= 15 is 0 Å². The molecule has 0 unspecified atom stereocenters. The molecule has 0 amide bonds. The quantitative estimate of drug-likeness (QED) is 0.00828. The summed E-state index contributed by atoms with van der Waals surface area (Å²) in [5.41, 5.74) is 0.486. The zero-order valence-corrected chi connectivity index (χ0v) is 40.2. The number of ether oxygens (including phenoxy) is 1. The Kier molecular flexibility index (Phi) is 16.9. The van der Waals surface area contributed by atoms with Crippen LogP contribution in [0.2, 0.25) is 0 Å². The molecule has 5 aromatic carbocycles. The highest BCUT2D eigenvalue weighted by Crippen LogP contribution is 2.36. The van der Waals surface area contributed by atoms with Crippen molar-refractivity contribution in [1.29, 1.82) is 0 Å². The molecule has 1 heterocycles. The molecule has 0 atom stereocenters. The summed E-state index contributed by atoms with van der Waals surface area (Å²) < 4.78 is 175. The van der Waals surface area contributed by atoms with Crippen molar-refractivity contribution < 1.29 is 84.2 Å². The van der Waals surface area contributed by atoms with Crippen molar-refractivity contribution >= 4 is 125 Å². The van der Waals surface area contributed by atoms with Crippen molar-refractivity contribution in [2.45, 2.75) is 26.0 Å². The molecule has 0 bridgehead atoms. The van der Waals surface area contributed by atoms with Crippen molar-refractivity contribution in [3.05, 3.63) is 91.0 Å². The number of rotatable bonds is 23. The Morgan fingerprint density at radius 2 is 1.18 bits per heavy atom. The van der Waals surface area contributed by atoms with Gasteiger partial charge < -0.3 is 20.7 Å². The van der Waals surface area contributed by atoms with E-state index in [1.807, 2.05) is 0 Å². The normalized spacial score (nSPS) is 12.7. The summed E-state index contributed by atoms with van der Waals surface area (Å²) in [7, 11) is -23.5. The molecule has 6 rings (SSSR count). The average Bonchev–Trinajstić information content (AvgIpc) is 3.27. The van der Waals surface area contributed by atoms with Crippen molar-refractivity contribution in [2.24, 2.45) is 20.5 Å². The highest BCUT2D eigenvalue weighted by molar-refractivity contribution is 7.94. The van der Waals surface area contributed by atoms with Crippen LogP contribution in [-0.4, -0.2) is 110 Å². The van der Waals surface area contributed by atoms with Gasteiger partial charge in [0.1, 0.15) is 21.2 Å². The number of hydrogen-bond donors (Lipinski definition) is 9. The second-order valence-corrected chi connectivity index (χ2v) is 22.1. The molecule has 1 aromatic heterocycles. The van der Waals surface area contributed by atoms with E-state index in [9.17, 15) is 64.9 Å². The maximum atomic E-state index is 12.1. The Bertz CT molecular complexity index is 3610. The summed E-state index contributed by atoms with van der Waals surface area (Å²) in [5.74, 6) is -2.03. The van der Waals surface area contributed by atoms with Gasteiger partial charge in [-0.1, -0.05) is 11.1 Å². The number of azo groups is 2. The standard InChI is InChI=1S/C36H34N10O19S6/c47-64-65-66-26-9-11-30(33(19-26)71(60,61)62)46-45-25-8-10-29(31(18-25)63-13-1-14-67(48,49)50)39-36-41-34(37-12-15-68(51,52)53)40-35(42-36)38-22-4-6-23(7-5-22)43-44-24-3-2-21-16-27(69(54,55)56)20-32(28(21)17-24)70(57,58)59/h2-11,16-20,47H,1,12-15H2,(H,48,49,50)(H,51,52,53)(H,54,55,56)(H,57,58,59)(H,60,61,62)(H3,37,38,39,40,41,42). The molecule has 378 valence electrons. The molecule has 29 nitrogen and oxygen atoms in total. The van der Waals surface area contributed by atoms with Gasteiger partial charge in [-0.05, 0) is 90.7 Å². The highest BCUT2D eigenvalue weighted by atomic mass is 32.2. The first-order chi connectivity index (χ1) is 33.2. The second-order valence-electron chi connectivity index (χ2n) is 14.0. The maximum Gasteiger partial charge on any atom is 0.296 e. The smallest absolute Gasteiger partial charge is 0.296 e. The predicted octanol–water partition coefficient (Wildman–Crippen LogP) is 6.47. The number of aromatic nitrogens is 3. The summed E-state index contributed by atoms with van der Waals surface area (Å²) >= 11 is 0.406. The van der Waals surface area contributed by atoms with Crippen LogP contribution in [0.5, 0.6) is 5.75 Å². The average molecular weight is 1100 g/mol. The second kappa shape index (κ2) is 22.3. The fourth-order valence-electron chi connectivity index (χ4n) is 5.77. The van der Waals surface area contributed by atoms with Crippen molar-refractivity contribution in [2.75, 3.05) is 40.6 Å². The van der Waals surface area contributed by atoms with Crippen LogP contribution in [0.3, 0.4) is 0 Å². The van der Waals surface area contributed by atoms with Gasteiger partial charge in [0, 0.05) is 28.6 Å². The predicted molar refractivity (Wildman–Crippen MR) is 250 cm³/mol. The summed E-state index contributed by atoms with van der Waals surface area (Å²) in [5, 5.41) is 36.4. The first-order valence-electron chi connectivity index (χ1n) is 19.2. The monoisotopic (exact) mass is 1100 g/mol. The fraction of sp³-hybridized carbons (Fsp3) is 0.139. The van der Waals surface area contributed by atoms with Gasteiger partial charge in [0.05, 0.1) is 57.8 Å². The van der Waals surface area contributed by atoms with Crippen LogP contribution in [0.25, 0.3) is 10.8 Å². The number of fused-ring (bicyclic) bond motifs is 1. The SMILES string of the molecule is O=S(=O)(O)CCCOc1cc(N=Nc2ccc(SOOO)cc2S(=O)(=O)O)ccc1Nc1nc(NCCS(=O)(=O)O)nc(Nc2ccc(N=Nc3ccc4cc(S(=O)(=O)O)cc(S(=O)(=O)O)c4c3)cc2)n1. The van der Waals surface area contributed by atoms with E-state index in [0.29, 0.717) is 23.8 Å². The lowest BCUT2D eigenvalue weighted by Gasteiger charge is -2.15. The number of nitrogens with zero attached hydrogens (tertiary/aromatic N) is 7. The van der Waals surface area contributed by atoms with Crippen LogP contribution in [0.1, 0.15) is 6.42 Å². The Morgan fingerprint density at radius 3 is 1.83 bits per heavy atom.